The Morgan fingerprint density at radius 1 is 1.15 bits per heavy atom. The van der Waals surface area contributed by atoms with Crippen LogP contribution in [0.2, 0.25) is 0 Å². The van der Waals surface area contributed by atoms with E-state index in [1.807, 2.05) is 0 Å². The van der Waals surface area contributed by atoms with Gasteiger partial charge < -0.3 is 14.2 Å². The zero-order chi connectivity index (χ0) is 19.7. The maximum atomic E-state index is 12.4. The molecule has 1 aliphatic rings. The summed E-state index contributed by atoms with van der Waals surface area (Å²) >= 11 is 0. The van der Waals surface area contributed by atoms with Gasteiger partial charge in [-0.2, -0.15) is 5.26 Å². The average molecular weight is 400 g/mol. The first-order chi connectivity index (χ1) is 12.7. The van der Waals surface area contributed by atoms with Crippen molar-refractivity contribution in [2.45, 2.75) is 17.8 Å². The molecule has 0 unspecified atom stereocenters. The molecule has 0 saturated heterocycles. The summed E-state index contributed by atoms with van der Waals surface area (Å²) in [7, 11) is -4.08. The first-order valence-corrected chi connectivity index (χ1v) is 8.84. The van der Waals surface area contributed by atoms with Gasteiger partial charge in [-0.3, -0.25) is 0 Å². The van der Waals surface area contributed by atoms with E-state index in [9.17, 15) is 21.6 Å². The molecule has 0 bridgehead atoms. The van der Waals surface area contributed by atoms with Gasteiger partial charge in [-0.15, -0.1) is 13.2 Å². The molecule has 7 nitrogen and oxygen atoms in total. The average Bonchev–Trinajstić information content (AvgIpc) is 3.06. The molecule has 0 spiro atoms. The zero-order valence-corrected chi connectivity index (χ0v) is 14.2. The highest BCUT2D eigenvalue weighted by Crippen LogP contribution is 2.32. The van der Waals surface area contributed by atoms with Crippen LogP contribution in [0.1, 0.15) is 11.1 Å². The third-order valence-corrected chi connectivity index (χ3v) is 4.91. The maximum Gasteiger partial charge on any atom is 0.573 e. The number of ether oxygens (including phenoxy) is 3. The van der Waals surface area contributed by atoms with Gasteiger partial charge in [0.1, 0.15) is 11.8 Å². The first-order valence-electron chi connectivity index (χ1n) is 7.36. The Kier molecular flexibility index (Phi) is 4.86. The number of nitriles is 1. The number of nitrogens with zero attached hydrogens (tertiary/aromatic N) is 1. The third kappa shape index (κ3) is 4.42. The summed E-state index contributed by atoms with van der Waals surface area (Å²) in [4.78, 5) is -0.366. The van der Waals surface area contributed by atoms with Crippen LogP contribution in [0.3, 0.4) is 0 Å². The summed E-state index contributed by atoms with van der Waals surface area (Å²) in [6.07, 6.45) is -5.00. The van der Waals surface area contributed by atoms with Gasteiger partial charge >= 0.3 is 6.36 Å². The monoisotopic (exact) mass is 400 g/mol. The van der Waals surface area contributed by atoms with Gasteiger partial charge in [0.25, 0.3) is 0 Å². The van der Waals surface area contributed by atoms with E-state index in [1.54, 1.807) is 18.2 Å². The highest BCUT2D eigenvalue weighted by Gasteiger charge is 2.32. The van der Waals surface area contributed by atoms with Gasteiger partial charge in [-0.25, -0.2) is 13.1 Å². The minimum Gasteiger partial charge on any atom is -0.454 e. The number of nitrogens with one attached hydrogen (secondary N) is 1. The van der Waals surface area contributed by atoms with Gasteiger partial charge in [-0.1, -0.05) is 6.07 Å². The molecule has 0 atom stereocenters. The Hall–Kier alpha value is -2.97. The number of sulfonamides is 1. The Labute approximate surface area is 151 Å². The molecular formula is C16H11F3N2O5S. The number of rotatable bonds is 5. The molecule has 0 amide bonds. The third-order valence-electron chi connectivity index (χ3n) is 3.51. The second-order valence-corrected chi connectivity index (χ2v) is 7.10. The fourth-order valence-corrected chi connectivity index (χ4v) is 3.33. The lowest BCUT2D eigenvalue weighted by Gasteiger charge is -2.12. The van der Waals surface area contributed by atoms with Crippen molar-refractivity contribution >= 4 is 10.0 Å². The molecule has 1 heterocycles. The molecule has 0 radical (unpaired) electrons. The first kappa shape index (κ1) is 18.8. The van der Waals surface area contributed by atoms with E-state index in [0.717, 1.165) is 18.2 Å². The molecule has 11 heteroatoms. The summed E-state index contributed by atoms with van der Waals surface area (Å²) in [5.41, 5.74) is 0.0265. The molecule has 3 rings (SSSR count). The Balaban J connectivity index is 1.77. The lowest BCUT2D eigenvalue weighted by Crippen LogP contribution is -2.23. The number of halogens is 3. The van der Waals surface area contributed by atoms with E-state index < -0.39 is 27.7 Å². The van der Waals surface area contributed by atoms with Crippen molar-refractivity contribution in [2.24, 2.45) is 0 Å². The van der Waals surface area contributed by atoms with E-state index in [4.69, 9.17) is 14.7 Å². The molecule has 2 aromatic rings. The van der Waals surface area contributed by atoms with Crippen LogP contribution in [0, 0.1) is 11.3 Å². The molecule has 0 fully saturated rings. The highest BCUT2D eigenvalue weighted by atomic mass is 32.2. The second-order valence-electron chi connectivity index (χ2n) is 5.33. The Bertz CT molecular complexity index is 1020. The summed E-state index contributed by atoms with van der Waals surface area (Å²) in [6.45, 7) is -0.0184. The van der Waals surface area contributed by atoms with Gasteiger partial charge in [-0.05, 0) is 35.9 Å². The molecule has 0 aliphatic carbocycles. The minimum absolute atomic E-state index is 0.0772. The molecule has 0 saturated carbocycles. The topological polar surface area (TPSA) is 97.7 Å². The van der Waals surface area contributed by atoms with Crippen molar-refractivity contribution in [3.63, 3.8) is 0 Å². The fraction of sp³-hybridized carbons (Fsp3) is 0.188. The maximum absolute atomic E-state index is 12.4. The number of alkyl halides is 3. The lowest BCUT2D eigenvalue weighted by molar-refractivity contribution is -0.274. The quantitative estimate of drug-likeness (QED) is 0.829. The van der Waals surface area contributed by atoms with E-state index in [-0.39, 0.29) is 18.2 Å². The SMILES string of the molecule is N#Cc1cc(S(=O)(=O)NCc2ccc3c(c2)OCO3)ccc1OC(F)(F)F. The van der Waals surface area contributed by atoms with Crippen molar-refractivity contribution < 1.29 is 35.8 Å². The van der Waals surface area contributed by atoms with Crippen molar-refractivity contribution in [1.82, 2.24) is 4.72 Å². The van der Waals surface area contributed by atoms with Crippen molar-refractivity contribution in [3.05, 3.63) is 47.5 Å². The van der Waals surface area contributed by atoms with Gasteiger partial charge in [0, 0.05) is 6.54 Å². The van der Waals surface area contributed by atoms with E-state index in [2.05, 4.69) is 9.46 Å². The molecule has 1 N–H and O–H groups in total. The summed E-state index contributed by atoms with van der Waals surface area (Å²) in [5.74, 6) is 0.243. The number of benzene rings is 2. The van der Waals surface area contributed by atoms with E-state index >= 15 is 0 Å². The van der Waals surface area contributed by atoms with Crippen LogP contribution in [0.15, 0.2) is 41.3 Å². The second kappa shape index (κ2) is 6.98. The molecule has 1 aliphatic heterocycles. The van der Waals surface area contributed by atoms with Gasteiger partial charge in [0.05, 0.1) is 10.5 Å². The highest BCUT2D eigenvalue weighted by molar-refractivity contribution is 7.89. The van der Waals surface area contributed by atoms with Crippen molar-refractivity contribution in [3.8, 4) is 23.3 Å². The number of hydrogen-bond donors (Lipinski definition) is 1. The number of fused-ring (bicyclic) bond motifs is 1. The van der Waals surface area contributed by atoms with Crippen LogP contribution in [-0.4, -0.2) is 21.6 Å². The van der Waals surface area contributed by atoms with Crippen LogP contribution in [0.25, 0.3) is 0 Å². The standard InChI is InChI=1S/C16H11F3N2O5S/c17-16(18,19)26-13-4-2-12(6-11(13)7-20)27(22,23)21-8-10-1-3-14-15(5-10)25-9-24-14/h1-6,21H,8-9H2. The van der Waals surface area contributed by atoms with Gasteiger partial charge in [0.2, 0.25) is 16.8 Å². The van der Waals surface area contributed by atoms with Gasteiger partial charge in [0.15, 0.2) is 11.5 Å². The predicted molar refractivity (Wildman–Crippen MR) is 84.4 cm³/mol. The van der Waals surface area contributed by atoms with E-state index in [0.29, 0.717) is 17.1 Å². The van der Waals surface area contributed by atoms with Crippen LogP contribution in [0.4, 0.5) is 13.2 Å². The molecular weight excluding hydrogens is 389 g/mol. The van der Waals surface area contributed by atoms with Crippen LogP contribution >= 0.6 is 0 Å². The minimum atomic E-state index is -5.00. The van der Waals surface area contributed by atoms with Crippen LogP contribution < -0.4 is 18.9 Å². The molecule has 142 valence electrons. The lowest BCUT2D eigenvalue weighted by atomic mass is 10.2. The molecule has 0 aromatic heterocycles. The summed E-state index contributed by atoms with van der Waals surface area (Å²) in [5, 5.41) is 8.96. The van der Waals surface area contributed by atoms with Crippen molar-refractivity contribution in [2.75, 3.05) is 6.79 Å². The normalized spacial score (nSPS) is 13.3. The van der Waals surface area contributed by atoms with E-state index in [1.165, 1.54) is 6.07 Å². The predicted octanol–water partition coefficient (Wildman–Crippen LogP) is 2.66. The van der Waals surface area contributed by atoms with Crippen molar-refractivity contribution in [1.29, 1.82) is 5.26 Å². The Morgan fingerprint density at radius 2 is 1.89 bits per heavy atom. The largest absolute Gasteiger partial charge is 0.573 e. The van der Waals surface area contributed by atoms with Crippen LogP contribution in [-0.2, 0) is 16.6 Å². The fourth-order valence-electron chi connectivity index (χ4n) is 2.29. The molecule has 27 heavy (non-hydrogen) atoms. The smallest absolute Gasteiger partial charge is 0.454 e. The molecule has 2 aromatic carbocycles. The Morgan fingerprint density at radius 3 is 2.59 bits per heavy atom. The van der Waals surface area contributed by atoms with Crippen LogP contribution in [0.5, 0.6) is 17.2 Å². The number of hydrogen-bond acceptors (Lipinski definition) is 6. The summed E-state index contributed by atoms with van der Waals surface area (Å²) < 4.78 is 78.0. The summed E-state index contributed by atoms with van der Waals surface area (Å²) in [6, 6.07) is 8.86. The zero-order valence-electron chi connectivity index (χ0n) is 13.4.